The molecular weight excluding hydrogens is 476 g/mol. The van der Waals surface area contributed by atoms with E-state index in [0.717, 1.165) is 16.0 Å². The van der Waals surface area contributed by atoms with E-state index in [1.54, 1.807) is 58.0 Å². The average molecular weight is 511 g/mol. The number of aryl methyl sites for hydroxylation is 2. The number of nitriles is 1. The van der Waals surface area contributed by atoms with Crippen LogP contribution in [0.1, 0.15) is 43.5 Å². The molecule has 2 rings (SSSR count). The van der Waals surface area contributed by atoms with Gasteiger partial charge in [0.05, 0.1) is 19.8 Å². The number of amides is 3. The van der Waals surface area contributed by atoms with Crippen LogP contribution in [0.5, 0.6) is 5.75 Å². The summed E-state index contributed by atoms with van der Waals surface area (Å²) >= 11 is 0. The van der Waals surface area contributed by atoms with E-state index >= 15 is 0 Å². The van der Waals surface area contributed by atoms with Crippen molar-refractivity contribution in [2.45, 2.75) is 52.3 Å². The second-order valence-electron chi connectivity index (χ2n) is 9.49. The van der Waals surface area contributed by atoms with Gasteiger partial charge in [-0.25, -0.2) is 4.79 Å². The third kappa shape index (κ3) is 8.22. The Morgan fingerprint density at radius 3 is 2.30 bits per heavy atom. The van der Waals surface area contributed by atoms with Crippen LogP contribution < -0.4 is 15.4 Å². The summed E-state index contributed by atoms with van der Waals surface area (Å²) in [6, 6.07) is 11.3. The molecule has 0 aromatic heterocycles. The minimum Gasteiger partial charge on any atom is -0.497 e. The predicted molar refractivity (Wildman–Crippen MR) is 138 cm³/mol. The van der Waals surface area contributed by atoms with Gasteiger partial charge in [0, 0.05) is 5.69 Å². The highest BCUT2D eigenvalue weighted by Crippen LogP contribution is 2.28. The summed E-state index contributed by atoms with van der Waals surface area (Å²) in [5, 5.41) is 24.6. The molecule has 0 aliphatic heterocycles. The molecule has 2 aromatic carbocycles. The van der Waals surface area contributed by atoms with Gasteiger partial charge in [-0.2, -0.15) is 5.26 Å². The number of hydrogen-bond donors (Lipinski definition) is 3. The number of nitrogens with one attached hydrogen (secondary N) is 2. The summed E-state index contributed by atoms with van der Waals surface area (Å²) < 4.78 is 10.4. The Hall–Kier alpha value is -4.10. The first-order valence-corrected chi connectivity index (χ1v) is 11.7. The number of carbonyl (C=O) groups is 3. The highest BCUT2D eigenvalue weighted by molar-refractivity contribution is 5.99. The smallest absolute Gasteiger partial charge is 0.408 e. The standard InChI is InChI=1S/C27H34N4O6/c1-17-7-8-18(2)21(15-17)23(24(33)29-19-9-11-20(36-6)12-10-19)31(14-13-28)25(34)22(16-32)30-26(35)37-27(3,4)5/h7-12,15,22-23,32H,14,16H2,1-6H3,(H,29,33)(H,30,35). The maximum absolute atomic E-state index is 13.7. The van der Waals surface area contributed by atoms with E-state index in [-0.39, 0.29) is 0 Å². The van der Waals surface area contributed by atoms with Crippen molar-refractivity contribution in [3.05, 3.63) is 59.2 Å². The first-order valence-electron chi connectivity index (χ1n) is 11.7. The number of hydrogen-bond acceptors (Lipinski definition) is 7. The zero-order valence-corrected chi connectivity index (χ0v) is 22.0. The molecule has 10 nitrogen and oxygen atoms in total. The van der Waals surface area contributed by atoms with Crippen molar-refractivity contribution in [2.75, 3.05) is 25.6 Å². The summed E-state index contributed by atoms with van der Waals surface area (Å²) in [4.78, 5) is 40.6. The van der Waals surface area contributed by atoms with Crippen LogP contribution in [0.2, 0.25) is 0 Å². The number of aliphatic hydroxyl groups excluding tert-OH is 1. The molecule has 0 saturated carbocycles. The fourth-order valence-electron chi connectivity index (χ4n) is 3.60. The minimum absolute atomic E-state index is 0.455. The zero-order valence-electron chi connectivity index (χ0n) is 22.0. The molecule has 3 N–H and O–H groups in total. The van der Waals surface area contributed by atoms with E-state index in [2.05, 4.69) is 10.6 Å². The minimum atomic E-state index is -1.44. The summed E-state index contributed by atoms with van der Waals surface area (Å²) in [6.07, 6.45) is -0.914. The van der Waals surface area contributed by atoms with E-state index < -0.39 is 48.7 Å². The van der Waals surface area contributed by atoms with Crippen LogP contribution in [-0.2, 0) is 14.3 Å². The lowest BCUT2D eigenvalue weighted by atomic mass is 9.96. The highest BCUT2D eigenvalue weighted by Gasteiger charge is 2.37. The number of benzene rings is 2. The van der Waals surface area contributed by atoms with Gasteiger partial charge in [-0.15, -0.1) is 0 Å². The second kappa shape index (κ2) is 12.7. The third-order valence-electron chi connectivity index (χ3n) is 5.34. The molecule has 2 atom stereocenters. The third-order valence-corrected chi connectivity index (χ3v) is 5.34. The fraction of sp³-hybridized carbons (Fsp3) is 0.407. The van der Waals surface area contributed by atoms with Gasteiger partial charge in [-0.1, -0.05) is 23.8 Å². The topological polar surface area (TPSA) is 141 Å². The molecule has 0 heterocycles. The van der Waals surface area contributed by atoms with Crippen molar-refractivity contribution in [1.82, 2.24) is 10.2 Å². The second-order valence-corrected chi connectivity index (χ2v) is 9.49. The summed E-state index contributed by atoms with van der Waals surface area (Å²) in [5.41, 5.74) is 1.69. The molecular formula is C27H34N4O6. The molecule has 0 bridgehead atoms. The number of nitrogens with zero attached hydrogens (tertiary/aromatic N) is 2. The van der Waals surface area contributed by atoms with Crippen molar-refractivity contribution in [3.63, 3.8) is 0 Å². The Morgan fingerprint density at radius 1 is 1.11 bits per heavy atom. The number of rotatable bonds is 9. The highest BCUT2D eigenvalue weighted by atomic mass is 16.6. The Kier molecular flexibility index (Phi) is 10.0. The van der Waals surface area contributed by atoms with Gasteiger partial charge < -0.3 is 30.1 Å². The van der Waals surface area contributed by atoms with Gasteiger partial charge in [0.2, 0.25) is 5.91 Å². The first-order chi connectivity index (χ1) is 17.4. The molecule has 3 amide bonds. The van der Waals surface area contributed by atoms with Crippen LogP contribution in [0.4, 0.5) is 10.5 Å². The van der Waals surface area contributed by atoms with Gasteiger partial charge >= 0.3 is 6.09 Å². The predicted octanol–water partition coefficient (Wildman–Crippen LogP) is 3.23. The molecule has 2 aromatic rings. The van der Waals surface area contributed by atoms with Crippen LogP contribution in [0.25, 0.3) is 0 Å². The lowest BCUT2D eigenvalue weighted by Crippen LogP contribution is -2.54. The molecule has 0 spiro atoms. The van der Waals surface area contributed by atoms with Crippen molar-refractivity contribution >= 4 is 23.6 Å². The molecule has 0 aliphatic carbocycles. The van der Waals surface area contributed by atoms with Gasteiger partial charge in [0.15, 0.2) is 0 Å². The molecule has 0 radical (unpaired) electrons. The summed E-state index contributed by atoms with van der Waals surface area (Å²) in [7, 11) is 1.53. The van der Waals surface area contributed by atoms with Gasteiger partial charge in [0.25, 0.3) is 5.91 Å². The van der Waals surface area contributed by atoms with Crippen LogP contribution >= 0.6 is 0 Å². The molecule has 0 saturated heterocycles. The number of ether oxygens (including phenoxy) is 2. The van der Waals surface area contributed by atoms with E-state index in [4.69, 9.17) is 9.47 Å². The average Bonchev–Trinajstić information content (AvgIpc) is 2.83. The maximum atomic E-state index is 13.7. The number of alkyl carbamates (subject to hydrolysis) is 1. The largest absolute Gasteiger partial charge is 0.497 e. The number of aliphatic hydroxyl groups is 1. The van der Waals surface area contributed by atoms with Gasteiger partial charge in [-0.05, 0) is 70.0 Å². The number of carbonyl (C=O) groups excluding carboxylic acids is 3. The monoisotopic (exact) mass is 510 g/mol. The zero-order chi connectivity index (χ0) is 27.8. The van der Waals surface area contributed by atoms with E-state index in [9.17, 15) is 24.8 Å². The van der Waals surface area contributed by atoms with Gasteiger partial charge in [-0.3, -0.25) is 9.59 Å². The van der Waals surface area contributed by atoms with E-state index in [1.807, 2.05) is 25.1 Å². The normalized spacial score (nSPS) is 12.5. The Balaban J connectivity index is 2.49. The van der Waals surface area contributed by atoms with Crippen LogP contribution in [-0.4, -0.2) is 59.8 Å². The van der Waals surface area contributed by atoms with Crippen LogP contribution in [0.3, 0.4) is 0 Å². The quantitative estimate of drug-likeness (QED) is 0.440. The van der Waals surface area contributed by atoms with Gasteiger partial charge in [0.1, 0.15) is 30.0 Å². The summed E-state index contributed by atoms with van der Waals surface area (Å²) in [6.45, 7) is 7.37. The molecule has 10 heteroatoms. The molecule has 0 fully saturated rings. The van der Waals surface area contributed by atoms with E-state index in [0.29, 0.717) is 17.0 Å². The molecule has 37 heavy (non-hydrogen) atoms. The van der Waals surface area contributed by atoms with Crippen molar-refractivity contribution in [1.29, 1.82) is 5.26 Å². The maximum Gasteiger partial charge on any atom is 0.408 e. The Morgan fingerprint density at radius 2 is 1.76 bits per heavy atom. The number of methoxy groups -OCH3 is 1. The van der Waals surface area contributed by atoms with Crippen LogP contribution in [0.15, 0.2) is 42.5 Å². The Bertz CT molecular complexity index is 1150. The molecule has 198 valence electrons. The first kappa shape index (κ1) is 29.1. The molecule has 2 unspecified atom stereocenters. The lowest BCUT2D eigenvalue weighted by molar-refractivity contribution is -0.140. The van der Waals surface area contributed by atoms with E-state index in [1.165, 1.54) is 7.11 Å². The molecule has 0 aliphatic rings. The van der Waals surface area contributed by atoms with Crippen molar-refractivity contribution in [3.8, 4) is 11.8 Å². The van der Waals surface area contributed by atoms with Crippen LogP contribution in [0, 0.1) is 25.2 Å². The fourth-order valence-corrected chi connectivity index (χ4v) is 3.60. The van der Waals surface area contributed by atoms with Crippen molar-refractivity contribution in [2.24, 2.45) is 0 Å². The summed E-state index contributed by atoms with van der Waals surface area (Å²) in [5.74, 6) is -0.786. The Labute approximate surface area is 217 Å². The SMILES string of the molecule is COc1ccc(NC(=O)C(c2cc(C)ccc2C)N(CC#N)C(=O)C(CO)NC(=O)OC(C)(C)C)cc1. The van der Waals surface area contributed by atoms with Crippen molar-refractivity contribution < 1.29 is 29.0 Å². The number of anilines is 1. The lowest BCUT2D eigenvalue weighted by Gasteiger charge is -2.33.